The van der Waals surface area contributed by atoms with Crippen molar-refractivity contribution >= 4 is 29.1 Å². The molecule has 0 atom stereocenters. The Labute approximate surface area is 96.3 Å². The molecule has 0 unspecified atom stereocenters. The van der Waals surface area contributed by atoms with Gasteiger partial charge in [-0.25, -0.2) is 9.45 Å². The lowest BCUT2D eigenvalue weighted by Gasteiger charge is -2.14. The van der Waals surface area contributed by atoms with E-state index in [0.717, 1.165) is 5.06 Å². The Kier molecular flexibility index (Phi) is 3.90. The van der Waals surface area contributed by atoms with Crippen LogP contribution in [0.2, 0.25) is 10.0 Å². The zero-order chi connectivity index (χ0) is 11.6. The molecule has 1 aromatic carbocycles. The maximum absolute atomic E-state index is 13.5. The molecule has 6 heteroatoms. The fraction of sp³-hybridized carbons (Fsp3) is 0.222. The molecule has 0 aliphatic rings. The number of rotatable bonds is 2. The Morgan fingerprint density at radius 3 is 2.60 bits per heavy atom. The molecule has 0 radical (unpaired) electrons. The highest BCUT2D eigenvalue weighted by Crippen LogP contribution is 2.27. The molecule has 0 aromatic heterocycles. The number of hydroxylamine groups is 2. The normalized spacial score (nSPS) is 10.2. The summed E-state index contributed by atoms with van der Waals surface area (Å²) >= 11 is 11.1. The molecule has 0 aliphatic carbocycles. The van der Waals surface area contributed by atoms with Gasteiger partial charge in [0.25, 0.3) is 5.91 Å². The van der Waals surface area contributed by atoms with Crippen LogP contribution in [0.1, 0.15) is 10.4 Å². The van der Waals surface area contributed by atoms with Gasteiger partial charge in [0.05, 0.1) is 22.7 Å². The van der Waals surface area contributed by atoms with Crippen molar-refractivity contribution in [1.82, 2.24) is 5.06 Å². The highest BCUT2D eigenvalue weighted by atomic mass is 35.5. The van der Waals surface area contributed by atoms with Crippen LogP contribution in [0.15, 0.2) is 12.1 Å². The van der Waals surface area contributed by atoms with E-state index < -0.39 is 11.7 Å². The first-order valence-corrected chi connectivity index (χ1v) is 4.70. The summed E-state index contributed by atoms with van der Waals surface area (Å²) in [5.41, 5.74) is -0.186. The van der Waals surface area contributed by atoms with E-state index in [1.54, 1.807) is 0 Å². The van der Waals surface area contributed by atoms with E-state index in [2.05, 4.69) is 4.84 Å². The molecule has 82 valence electrons. The smallest absolute Gasteiger partial charge is 0.274 e. The summed E-state index contributed by atoms with van der Waals surface area (Å²) in [5.74, 6) is -1.48. The number of hydrogen-bond donors (Lipinski definition) is 0. The molecule has 0 heterocycles. The molecule has 0 bridgehead atoms. The largest absolute Gasteiger partial charge is 0.280 e. The van der Waals surface area contributed by atoms with Crippen LogP contribution in [0.5, 0.6) is 0 Å². The highest BCUT2D eigenvalue weighted by molar-refractivity contribution is 6.42. The first-order chi connectivity index (χ1) is 6.99. The van der Waals surface area contributed by atoms with Gasteiger partial charge in [0, 0.05) is 7.05 Å². The summed E-state index contributed by atoms with van der Waals surface area (Å²) in [6.45, 7) is 0. The summed E-state index contributed by atoms with van der Waals surface area (Å²) in [7, 11) is 2.66. The van der Waals surface area contributed by atoms with E-state index in [0.29, 0.717) is 0 Å². The van der Waals surface area contributed by atoms with Crippen molar-refractivity contribution in [2.24, 2.45) is 0 Å². The number of amides is 1. The van der Waals surface area contributed by atoms with Crippen molar-refractivity contribution in [2.75, 3.05) is 14.2 Å². The maximum Gasteiger partial charge on any atom is 0.280 e. The fourth-order valence-corrected chi connectivity index (χ4v) is 1.25. The van der Waals surface area contributed by atoms with Gasteiger partial charge >= 0.3 is 0 Å². The minimum absolute atomic E-state index is 0.0609. The SMILES string of the molecule is CON(C)C(=O)c1ccc(Cl)c(Cl)c1F. The second-order valence-corrected chi connectivity index (χ2v) is 3.49. The second-order valence-electron chi connectivity index (χ2n) is 2.71. The number of benzene rings is 1. The minimum Gasteiger partial charge on any atom is -0.274 e. The van der Waals surface area contributed by atoms with Crippen molar-refractivity contribution in [3.8, 4) is 0 Å². The summed E-state index contributed by atoms with van der Waals surface area (Å²) in [4.78, 5) is 16.2. The maximum atomic E-state index is 13.5. The van der Waals surface area contributed by atoms with E-state index in [4.69, 9.17) is 23.2 Å². The van der Waals surface area contributed by atoms with E-state index in [-0.39, 0.29) is 15.6 Å². The van der Waals surface area contributed by atoms with Crippen LogP contribution < -0.4 is 0 Å². The van der Waals surface area contributed by atoms with Crippen LogP contribution in [0.4, 0.5) is 4.39 Å². The molecular formula is C9H8Cl2FNO2. The van der Waals surface area contributed by atoms with Crippen molar-refractivity contribution in [3.63, 3.8) is 0 Å². The zero-order valence-electron chi connectivity index (χ0n) is 8.05. The van der Waals surface area contributed by atoms with Gasteiger partial charge in [-0.2, -0.15) is 0 Å². The van der Waals surface area contributed by atoms with Crippen LogP contribution in [-0.4, -0.2) is 25.1 Å². The molecular weight excluding hydrogens is 244 g/mol. The third kappa shape index (κ3) is 2.40. The Morgan fingerprint density at radius 2 is 2.07 bits per heavy atom. The lowest BCUT2D eigenvalue weighted by molar-refractivity contribution is -0.0759. The Hall–Kier alpha value is -0.840. The molecule has 0 saturated carbocycles. The summed E-state index contributed by atoms with van der Waals surface area (Å²) in [5, 5.41) is 0.681. The van der Waals surface area contributed by atoms with Crippen LogP contribution >= 0.6 is 23.2 Å². The predicted octanol–water partition coefficient (Wildman–Crippen LogP) is 2.77. The standard InChI is InChI=1S/C9H8Cl2FNO2/c1-13(15-2)9(14)5-3-4-6(10)7(11)8(5)12/h3-4H,1-2H3. The number of carbonyl (C=O) groups is 1. The van der Waals surface area contributed by atoms with Gasteiger partial charge < -0.3 is 0 Å². The van der Waals surface area contributed by atoms with Crippen LogP contribution in [0.3, 0.4) is 0 Å². The van der Waals surface area contributed by atoms with E-state index in [1.165, 1.54) is 26.3 Å². The Morgan fingerprint density at radius 1 is 1.47 bits per heavy atom. The Balaban J connectivity index is 3.16. The van der Waals surface area contributed by atoms with E-state index in [9.17, 15) is 9.18 Å². The van der Waals surface area contributed by atoms with Gasteiger partial charge in [-0.3, -0.25) is 9.63 Å². The minimum atomic E-state index is -0.849. The third-order valence-electron chi connectivity index (χ3n) is 1.83. The molecule has 0 saturated heterocycles. The third-order valence-corrected chi connectivity index (χ3v) is 2.61. The molecule has 1 amide bonds. The van der Waals surface area contributed by atoms with Crippen molar-refractivity contribution < 1.29 is 14.0 Å². The molecule has 0 spiro atoms. The topological polar surface area (TPSA) is 29.5 Å². The van der Waals surface area contributed by atoms with Crippen LogP contribution in [0, 0.1) is 5.82 Å². The average molecular weight is 252 g/mol. The molecule has 3 nitrogen and oxygen atoms in total. The fourth-order valence-electron chi connectivity index (χ4n) is 0.944. The van der Waals surface area contributed by atoms with Gasteiger partial charge in [0.15, 0.2) is 5.82 Å². The molecule has 0 aliphatic heterocycles. The highest BCUT2D eigenvalue weighted by Gasteiger charge is 2.19. The number of carbonyl (C=O) groups excluding carboxylic acids is 1. The van der Waals surface area contributed by atoms with Gasteiger partial charge in [-0.1, -0.05) is 23.2 Å². The monoisotopic (exact) mass is 251 g/mol. The quantitative estimate of drug-likeness (QED) is 0.598. The summed E-state index contributed by atoms with van der Waals surface area (Å²) in [6.07, 6.45) is 0. The van der Waals surface area contributed by atoms with Crippen molar-refractivity contribution in [1.29, 1.82) is 0 Å². The first-order valence-electron chi connectivity index (χ1n) is 3.94. The summed E-state index contributed by atoms with van der Waals surface area (Å²) in [6, 6.07) is 2.60. The van der Waals surface area contributed by atoms with E-state index in [1.807, 2.05) is 0 Å². The molecule has 0 fully saturated rings. The van der Waals surface area contributed by atoms with Gasteiger partial charge in [-0.05, 0) is 12.1 Å². The van der Waals surface area contributed by atoms with Crippen molar-refractivity contribution in [3.05, 3.63) is 33.6 Å². The number of halogens is 3. The average Bonchev–Trinajstić information content (AvgIpc) is 2.24. The lowest BCUT2D eigenvalue weighted by atomic mass is 10.2. The Bertz CT molecular complexity index is 398. The zero-order valence-corrected chi connectivity index (χ0v) is 9.56. The predicted molar refractivity (Wildman–Crippen MR) is 55.5 cm³/mol. The second kappa shape index (κ2) is 4.79. The van der Waals surface area contributed by atoms with Crippen LogP contribution in [-0.2, 0) is 4.84 Å². The first kappa shape index (κ1) is 12.2. The number of nitrogens with zero attached hydrogens (tertiary/aromatic N) is 1. The molecule has 15 heavy (non-hydrogen) atoms. The van der Waals surface area contributed by atoms with Crippen molar-refractivity contribution in [2.45, 2.75) is 0 Å². The number of hydrogen-bond acceptors (Lipinski definition) is 2. The van der Waals surface area contributed by atoms with Crippen LogP contribution in [0.25, 0.3) is 0 Å². The molecule has 0 N–H and O–H groups in total. The van der Waals surface area contributed by atoms with Gasteiger partial charge in [0.2, 0.25) is 0 Å². The van der Waals surface area contributed by atoms with Gasteiger partial charge in [-0.15, -0.1) is 0 Å². The summed E-state index contributed by atoms with van der Waals surface area (Å²) < 4.78 is 13.5. The molecule has 1 rings (SSSR count). The van der Waals surface area contributed by atoms with E-state index >= 15 is 0 Å². The molecule has 1 aromatic rings. The lowest BCUT2D eigenvalue weighted by Crippen LogP contribution is -2.26. The van der Waals surface area contributed by atoms with Gasteiger partial charge in [0.1, 0.15) is 0 Å².